The van der Waals surface area contributed by atoms with Crippen molar-refractivity contribution in [1.29, 1.82) is 0 Å². The van der Waals surface area contributed by atoms with Gasteiger partial charge in [-0.15, -0.1) is 0 Å². The largest absolute Gasteiger partial charge is 0.268 e. The maximum atomic E-state index is 5.33. The quantitative estimate of drug-likeness (QED) is 0.497. The molecule has 0 fully saturated rings. The topological polar surface area (TPSA) is 42.6 Å². The molecule has 2 nitrogen and oxygen atoms in total. The van der Waals surface area contributed by atoms with Crippen LogP contribution in [-0.2, 0) is 13.0 Å². The summed E-state index contributed by atoms with van der Waals surface area (Å²) in [5, 5.41) is 0. The van der Waals surface area contributed by atoms with Crippen LogP contribution in [0.5, 0.6) is 0 Å². The molecule has 66 valence electrons. The third-order valence-electron chi connectivity index (χ3n) is 1.92. The number of hydrogen-bond donors (Lipinski definition) is 2. The number of benzene rings is 1. The van der Waals surface area contributed by atoms with Gasteiger partial charge in [0.05, 0.1) is 0 Å². The van der Waals surface area contributed by atoms with E-state index < -0.39 is 0 Å². The van der Waals surface area contributed by atoms with Crippen molar-refractivity contribution < 1.29 is 5.43 Å². The third-order valence-corrected chi connectivity index (χ3v) is 1.92. The van der Waals surface area contributed by atoms with Crippen molar-refractivity contribution >= 4 is 0 Å². The van der Waals surface area contributed by atoms with E-state index in [4.69, 9.17) is 5.84 Å². The molecule has 0 aliphatic rings. The number of aryl methyl sites for hydroxylation is 1. The molecule has 0 aliphatic carbocycles. The lowest BCUT2D eigenvalue weighted by molar-refractivity contribution is -0.683. The maximum absolute atomic E-state index is 5.33. The highest BCUT2D eigenvalue weighted by molar-refractivity contribution is 5.21. The molecule has 12 heavy (non-hydrogen) atoms. The van der Waals surface area contributed by atoms with Gasteiger partial charge in [-0.3, -0.25) is 5.43 Å². The fourth-order valence-corrected chi connectivity index (χ4v) is 1.27. The number of rotatable bonds is 4. The van der Waals surface area contributed by atoms with Crippen LogP contribution in [0.25, 0.3) is 0 Å². The molecule has 1 aromatic rings. The molecule has 0 amide bonds. The van der Waals surface area contributed by atoms with Gasteiger partial charge in [-0.2, -0.15) is 5.84 Å². The summed E-state index contributed by atoms with van der Waals surface area (Å²) in [4.78, 5) is 0. The molecule has 0 bridgehead atoms. The van der Waals surface area contributed by atoms with Gasteiger partial charge < -0.3 is 0 Å². The number of hydrogen-bond acceptors (Lipinski definition) is 1. The average molecular weight is 165 g/mol. The molecule has 0 saturated heterocycles. The predicted octanol–water partition coefficient (Wildman–Crippen LogP) is 0.576. The van der Waals surface area contributed by atoms with Gasteiger partial charge in [0.25, 0.3) is 0 Å². The lowest BCUT2D eigenvalue weighted by atomic mass is 10.1. The second-order valence-corrected chi connectivity index (χ2v) is 3.01. The van der Waals surface area contributed by atoms with Gasteiger partial charge in [-0.05, 0) is 12.0 Å². The number of nitrogens with two attached hydrogens (primary N) is 2. The highest BCUT2D eigenvalue weighted by Crippen LogP contribution is 2.05. The monoisotopic (exact) mass is 165 g/mol. The smallest absolute Gasteiger partial charge is 0.118 e. The van der Waals surface area contributed by atoms with E-state index >= 15 is 0 Å². The minimum atomic E-state index is 0.867. The normalized spacial score (nSPS) is 10.2. The Morgan fingerprint density at radius 2 is 1.75 bits per heavy atom. The Hall–Kier alpha value is -0.860. The summed E-state index contributed by atoms with van der Waals surface area (Å²) >= 11 is 0. The summed E-state index contributed by atoms with van der Waals surface area (Å²) in [6, 6.07) is 8.66. The standard InChI is InChI=1S/C10H16N2/c1-2-3-9-4-6-10(7-5-9)8-12-11/h4-7,12H,2-3,8,11H2,1H3/p+1. The Morgan fingerprint density at radius 3 is 2.25 bits per heavy atom. The maximum Gasteiger partial charge on any atom is 0.118 e. The van der Waals surface area contributed by atoms with Crippen molar-refractivity contribution in [3.8, 4) is 0 Å². The Morgan fingerprint density at radius 1 is 1.17 bits per heavy atom. The molecule has 0 aliphatic heterocycles. The van der Waals surface area contributed by atoms with Crippen LogP contribution in [0.3, 0.4) is 0 Å². The van der Waals surface area contributed by atoms with E-state index in [0.717, 1.165) is 6.54 Å². The molecule has 1 aromatic carbocycles. The lowest BCUT2D eigenvalue weighted by Gasteiger charge is -2.00. The second-order valence-electron chi connectivity index (χ2n) is 3.01. The van der Waals surface area contributed by atoms with E-state index in [1.165, 1.54) is 24.0 Å². The van der Waals surface area contributed by atoms with Crippen LogP contribution in [0.15, 0.2) is 24.3 Å². The first-order valence-corrected chi connectivity index (χ1v) is 4.48. The summed E-state index contributed by atoms with van der Waals surface area (Å²) in [5.74, 6) is 5.33. The van der Waals surface area contributed by atoms with Crippen LogP contribution in [0.1, 0.15) is 24.5 Å². The van der Waals surface area contributed by atoms with Crippen LogP contribution < -0.4 is 11.3 Å². The Balaban J connectivity index is 2.58. The van der Waals surface area contributed by atoms with Crippen LogP contribution in [0.2, 0.25) is 0 Å². The molecule has 0 unspecified atom stereocenters. The lowest BCUT2D eigenvalue weighted by Crippen LogP contribution is -2.89. The first-order valence-electron chi connectivity index (χ1n) is 4.48. The second kappa shape index (κ2) is 4.91. The molecular formula is C10H17N2+. The summed E-state index contributed by atoms with van der Waals surface area (Å²) in [5.41, 5.74) is 4.39. The van der Waals surface area contributed by atoms with Crippen LogP contribution in [0.4, 0.5) is 0 Å². The zero-order chi connectivity index (χ0) is 8.81. The Labute approximate surface area is 73.8 Å². The van der Waals surface area contributed by atoms with E-state index in [9.17, 15) is 0 Å². The predicted molar refractivity (Wildman–Crippen MR) is 50.3 cm³/mol. The van der Waals surface area contributed by atoms with Gasteiger partial charge in [-0.1, -0.05) is 37.6 Å². The van der Waals surface area contributed by atoms with Crippen molar-refractivity contribution in [1.82, 2.24) is 0 Å². The SMILES string of the molecule is CCCc1ccc(C[NH2+]N)cc1. The van der Waals surface area contributed by atoms with Crippen LogP contribution >= 0.6 is 0 Å². The van der Waals surface area contributed by atoms with Crippen molar-refractivity contribution in [3.63, 3.8) is 0 Å². The summed E-state index contributed by atoms with van der Waals surface area (Å²) in [6.45, 7) is 3.06. The van der Waals surface area contributed by atoms with E-state index in [-0.39, 0.29) is 0 Å². The van der Waals surface area contributed by atoms with E-state index in [1.807, 2.05) is 0 Å². The fraction of sp³-hybridized carbons (Fsp3) is 0.400. The highest BCUT2D eigenvalue weighted by Gasteiger charge is 1.93. The van der Waals surface area contributed by atoms with Crippen molar-refractivity contribution in [2.75, 3.05) is 0 Å². The minimum absolute atomic E-state index is 0.867. The van der Waals surface area contributed by atoms with E-state index in [0.29, 0.717) is 0 Å². The zero-order valence-electron chi connectivity index (χ0n) is 7.59. The first kappa shape index (κ1) is 9.23. The van der Waals surface area contributed by atoms with Gasteiger partial charge in [0, 0.05) is 5.56 Å². The van der Waals surface area contributed by atoms with Gasteiger partial charge in [-0.25, -0.2) is 0 Å². The third kappa shape index (κ3) is 2.64. The highest BCUT2D eigenvalue weighted by atomic mass is 15.2. The van der Waals surface area contributed by atoms with Gasteiger partial charge in [0.1, 0.15) is 6.54 Å². The van der Waals surface area contributed by atoms with E-state index in [2.05, 4.69) is 31.2 Å². The molecule has 2 heteroatoms. The molecule has 0 saturated carbocycles. The number of quaternary nitrogens is 1. The molecule has 1 rings (SSSR count). The molecule has 0 spiro atoms. The Bertz CT molecular complexity index is 191. The zero-order valence-corrected chi connectivity index (χ0v) is 7.59. The van der Waals surface area contributed by atoms with E-state index in [1.54, 1.807) is 5.43 Å². The molecule has 0 heterocycles. The molecule has 0 radical (unpaired) electrons. The van der Waals surface area contributed by atoms with Crippen molar-refractivity contribution in [2.45, 2.75) is 26.3 Å². The fourth-order valence-electron chi connectivity index (χ4n) is 1.27. The molecule has 4 N–H and O–H groups in total. The summed E-state index contributed by atoms with van der Waals surface area (Å²) < 4.78 is 0. The summed E-state index contributed by atoms with van der Waals surface area (Å²) in [6.07, 6.45) is 2.38. The molecule has 0 aromatic heterocycles. The van der Waals surface area contributed by atoms with Crippen LogP contribution in [0, 0.1) is 0 Å². The average Bonchev–Trinajstić information content (AvgIpc) is 2.09. The molecular weight excluding hydrogens is 148 g/mol. The van der Waals surface area contributed by atoms with Crippen molar-refractivity contribution in [3.05, 3.63) is 35.4 Å². The minimum Gasteiger partial charge on any atom is -0.268 e. The van der Waals surface area contributed by atoms with Crippen LogP contribution in [-0.4, -0.2) is 0 Å². The molecule has 0 atom stereocenters. The van der Waals surface area contributed by atoms with Gasteiger partial charge in [0.2, 0.25) is 0 Å². The first-order chi connectivity index (χ1) is 5.86. The summed E-state index contributed by atoms with van der Waals surface area (Å²) in [7, 11) is 0. The van der Waals surface area contributed by atoms with Crippen molar-refractivity contribution in [2.24, 2.45) is 5.84 Å². The Kier molecular flexibility index (Phi) is 3.77. The van der Waals surface area contributed by atoms with Gasteiger partial charge in [0.15, 0.2) is 0 Å². The van der Waals surface area contributed by atoms with Gasteiger partial charge >= 0.3 is 0 Å².